The van der Waals surface area contributed by atoms with Gasteiger partial charge in [-0.1, -0.05) is 0 Å². The zero-order valence-corrected chi connectivity index (χ0v) is 8.33. The number of aliphatic hydroxyl groups excluding tert-OH is 1. The SMILES string of the molecule is O=C(O)CCC(=O)PCO.[H-].[H-].[Li+].[Li+]. The molecule has 1 atom stereocenters. The first kappa shape index (κ1) is 18.5. The third-order valence-electron chi connectivity index (χ3n) is 0.842. The molecule has 0 rings (SSSR count). The van der Waals surface area contributed by atoms with Crippen molar-refractivity contribution in [1.29, 1.82) is 0 Å². The molecular formula is C5H11Li2O4P. The van der Waals surface area contributed by atoms with Crippen molar-refractivity contribution in [3.63, 3.8) is 0 Å². The van der Waals surface area contributed by atoms with E-state index in [9.17, 15) is 9.59 Å². The molecule has 0 aromatic rings. The van der Waals surface area contributed by atoms with Gasteiger partial charge in [-0.15, -0.1) is 0 Å². The summed E-state index contributed by atoms with van der Waals surface area (Å²) in [5.74, 6) is -0.976. The van der Waals surface area contributed by atoms with E-state index in [0.717, 1.165) is 0 Å². The minimum atomic E-state index is -0.976. The van der Waals surface area contributed by atoms with Crippen molar-refractivity contribution in [2.75, 3.05) is 6.35 Å². The zero-order valence-electron chi connectivity index (χ0n) is 9.33. The van der Waals surface area contributed by atoms with Crippen LogP contribution in [0.4, 0.5) is 0 Å². The molecule has 0 spiro atoms. The number of hydrogen-bond donors (Lipinski definition) is 2. The second-order valence-corrected chi connectivity index (χ2v) is 2.88. The van der Waals surface area contributed by atoms with Crippen LogP contribution in [0.25, 0.3) is 0 Å². The van der Waals surface area contributed by atoms with Crippen molar-refractivity contribution in [3.05, 3.63) is 0 Å². The van der Waals surface area contributed by atoms with E-state index in [1.54, 1.807) is 0 Å². The van der Waals surface area contributed by atoms with Gasteiger partial charge in [-0.25, -0.2) is 0 Å². The van der Waals surface area contributed by atoms with E-state index in [4.69, 9.17) is 10.2 Å². The third kappa shape index (κ3) is 13.3. The van der Waals surface area contributed by atoms with Gasteiger partial charge < -0.3 is 13.1 Å². The number of carboxylic acids is 1. The molecule has 62 valence electrons. The minimum Gasteiger partial charge on any atom is -1.00 e. The summed E-state index contributed by atoms with van der Waals surface area (Å²) in [5.41, 5.74) is -0.176. The molecule has 1 unspecified atom stereocenters. The van der Waals surface area contributed by atoms with Crippen LogP contribution in [0.3, 0.4) is 0 Å². The number of aliphatic hydroxyl groups is 1. The van der Waals surface area contributed by atoms with Crippen LogP contribution in [0.1, 0.15) is 15.7 Å². The van der Waals surface area contributed by atoms with Crippen LogP contribution in [0, 0.1) is 0 Å². The summed E-state index contributed by atoms with van der Waals surface area (Å²) in [4.78, 5) is 20.4. The molecule has 0 aliphatic rings. The van der Waals surface area contributed by atoms with Gasteiger partial charge in [0.1, 0.15) is 0 Å². The zero-order chi connectivity index (χ0) is 7.98. The quantitative estimate of drug-likeness (QED) is 0.326. The molecule has 12 heavy (non-hydrogen) atoms. The predicted octanol–water partition coefficient (Wildman–Crippen LogP) is -5.76. The standard InChI is InChI=1S/C5H9O4P.2Li.2H/c6-3-10-5(9)2-1-4(7)8;;;;/h6,10H,1-3H2,(H,7,8);;;;/q;2*+1;2*-1. The van der Waals surface area contributed by atoms with Gasteiger partial charge in [-0.2, -0.15) is 0 Å². The first-order valence-corrected chi connectivity index (χ1v) is 3.97. The van der Waals surface area contributed by atoms with Crippen LogP contribution >= 0.6 is 8.58 Å². The number of carboxylic acid groups (broad SMARTS) is 1. The van der Waals surface area contributed by atoms with Gasteiger partial charge in [0.15, 0.2) is 5.52 Å². The molecule has 0 bridgehead atoms. The normalized spacial score (nSPS) is 8.75. The number of carbonyl (C=O) groups is 2. The fourth-order valence-corrected chi connectivity index (χ4v) is 0.875. The van der Waals surface area contributed by atoms with Gasteiger partial charge in [-0.3, -0.25) is 9.59 Å². The van der Waals surface area contributed by atoms with Crippen LogP contribution < -0.4 is 37.7 Å². The van der Waals surface area contributed by atoms with E-state index >= 15 is 0 Å². The Bertz CT molecular complexity index is 150. The summed E-state index contributed by atoms with van der Waals surface area (Å²) >= 11 is 0. The molecule has 0 heterocycles. The molecule has 0 aromatic carbocycles. The van der Waals surface area contributed by atoms with Crippen molar-refractivity contribution in [2.24, 2.45) is 0 Å². The summed E-state index contributed by atoms with van der Waals surface area (Å²) in [6, 6.07) is 0. The van der Waals surface area contributed by atoms with Crippen molar-refractivity contribution < 1.29 is 60.4 Å². The third-order valence-corrected chi connectivity index (χ3v) is 1.64. The monoisotopic (exact) mass is 180 g/mol. The Labute approximate surface area is 99.6 Å². The van der Waals surface area contributed by atoms with Gasteiger partial charge in [0.25, 0.3) is 0 Å². The number of carbonyl (C=O) groups excluding carboxylic acids is 1. The Morgan fingerprint density at radius 2 is 1.75 bits per heavy atom. The van der Waals surface area contributed by atoms with Crippen molar-refractivity contribution >= 4 is 20.1 Å². The van der Waals surface area contributed by atoms with Gasteiger partial charge >= 0.3 is 43.7 Å². The Hall–Kier alpha value is 0.725. The summed E-state index contributed by atoms with van der Waals surface area (Å²) in [6.45, 7) is 0. The van der Waals surface area contributed by atoms with E-state index in [2.05, 4.69) is 0 Å². The summed E-state index contributed by atoms with van der Waals surface area (Å²) < 4.78 is 0. The van der Waals surface area contributed by atoms with E-state index in [1.165, 1.54) is 0 Å². The van der Waals surface area contributed by atoms with Crippen LogP contribution in [0.15, 0.2) is 0 Å². The van der Waals surface area contributed by atoms with Crippen LogP contribution in [-0.2, 0) is 9.59 Å². The first-order chi connectivity index (χ1) is 4.66. The summed E-state index contributed by atoms with van der Waals surface area (Å²) in [7, 11) is -0.158. The smallest absolute Gasteiger partial charge is 1.00 e. The molecule has 0 saturated heterocycles. The van der Waals surface area contributed by atoms with Gasteiger partial charge in [0.05, 0.1) is 12.8 Å². The van der Waals surface area contributed by atoms with E-state index < -0.39 is 5.97 Å². The number of rotatable bonds is 5. The molecule has 7 heteroatoms. The Morgan fingerprint density at radius 3 is 2.08 bits per heavy atom. The molecular weight excluding hydrogens is 169 g/mol. The molecule has 0 amide bonds. The van der Waals surface area contributed by atoms with Gasteiger partial charge in [0.2, 0.25) is 0 Å². The van der Waals surface area contributed by atoms with Crippen molar-refractivity contribution in [1.82, 2.24) is 0 Å². The second kappa shape index (κ2) is 11.7. The maximum absolute atomic E-state index is 10.5. The van der Waals surface area contributed by atoms with Crippen LogP contribution in [0.2, 0.25) is 0 Å². The van der Waals surface area contributed by atoms with Gasteiger partial charge in [0, 0.05) is 6.42 Å². The maximum Gasteiger partial charge on any atom is 1.00 e. The predicted molar refractivity (Wildman–Crippen MR) is 39.5 cm³/mol. The molecule has 0 aromatic heterocycles. The van der Waals surface area contributed by atoms with Crippen LogP contribution in [-0.4, -0.2) is 28.1 Å². The molecule has 0 aliphatic heterocycles. The summed E-state index contributed by atoms with van der Waals surface area (Å²) in [5, 5.41) is 16.4. The number of hydrogen-bond acceptors (Lipinski definition) is 3. The Morgan fingerprint density at radius 1 is 1.25 bits per heavy atom. The molecule has 0 aliphatic carbocycles. The topological polar surface area (TPSA) is 74.6 Å². The molecule has 4 nitrogen and oxygen atoms in total. The van der Waals surface area contributed by atoms with E-state index in [1.807, 2.05) is 0 Å². The number of aliphatic carboxylic acids is 1. The van der Waals surface area contributed by atoms with Crippen molar-refractivity contribution in [3.8, 4) is 0 Å². The molecule has 0 fully saturated rings. The van der Waals surface area contributed by atoms with Gasteiger partial charge in [-0.05, 0) is 8.58 Å². The maximum atomic E-state index is 10.5. The van der Waals surface area contributed by atoms with E-state index in [0.29, 0.717) is 0 Å². The van der Waals surface area contributed by atoms with E-state index in [-0.39, 0.29) is 73.9 Å². The molecule has 0 saturated carbocycles. The molecule has 2 N–H and O–H groups in total. The fourth-order valence-electron chi connectivity index (χ4n) is 0.397. The minimum absolute atomic E-state index is 0. The first-order valence-electron chi connectivity index (χ1n) is 2.76. The average Bonchev–Trinajstić information content (AvgIpc) is 1.85. The Kier molecular flexibility index (Phi) is 18.1. The average molecular weight is 180 g/mol. The molecule has 0 radical (unpaired) electrons. The second-order valence-electron chi connectivity index (χ2n) is 1.65. The van der Waals surface area contributed by atoms with Crippen LogP contribution in [0.5, 0.6) is 0 Å². The Balaban J connectivity index is -0.0000000675. The largest absolute Gasteiger partial charge is 1.00 e. The summed E-state index contributed by atoms with van der Waals surface area (Å²) in [6.07, 6.45) is -0.265. The fraction of sp³-hybridized carbons (Fsp3) is 0.600. The van der Waals surface area contributed by atoms with Crippen molar-refractivity contribution in [2.45, 2.75) is 12.8 Å².